The molecular weight excluding hydrogens is 704 g/mol. The molecule has 18 nitrogen and oxygen atoms in total. The summed E-state index contributed by atoms with van der Waals surface area (Å²) in [5.74, 6) is -1.39. The number of aliphatic hydroxyl groups is 5. The molecule has 0 aromatic carbocycles. The molecule has 298 valence electrons. The van der Waals surface area contributed by atoms with Crippen molar-refractivity contribution in [2.24, 2.45) is 0 Å². The maximum absolute atomic E-state index is 10.9. The fourth-order valence-electron chi connectivity index (χ4n) is 3.24. The number of methoxy groups -OCH3 is 1. The number of esters is 2. The molecule has 0 spiro atoms. The van der Waals surface area contributed by atoms with Crippen LogP contribution in [0.2, 0.25) is 0 Å². The van der Waals surface area contributed by atoms with Gasteiger partial charge in [0.1, 0.15) is 6.61 Å². The molecule has 2 amide bonds. The summed E-state index contributed by atoms with van der Waals surface area (Å²) in [6.45, 7) is 5.40. The van der Waals surface area contributed by atoms with Crippen LogP contribution in [0.3, 0.4) is 0 Å². The summed E-state index contributed by atoms with van der Waals surface area (Å²) in [6, 6.07) is 0. The van der Waals surface area contributed by atoms with Crippen LogP contribution >= 0.6 is 18.9 Å². The molecule has 0 bridgehead atoms. The molecule has 50 heavy (non-hydrogen) atoms. The second kappa shape index (κ2) is 30.9. The summed E-state index contributed by atoms with van der Waals surface area (Å²) in [6.07, 6.45) is -1.37. The fraction of sp³-hybridized carbons (Fsp3) is 0.867. The predicted octanol–water partition coefficient (Wildman–Crippen LogP) is -1.45. The zero-order valence-electron chi connectivity index (χ0n) is 31.0. The number of amides is 2. The zero-order chi connectivity index (χ0) is 39.4. The number of carbonyl (C=O) groups excluding carboxylic acids is 4. The summed E-state index contributed by atoms with van der Waals surface area (Å²) >= 11 is 0. The van der Waals surface area contributed by atoms with Crippen LogP contribution in [0.15, 0.2) is 0 Å². The number of aliphatic hydroxyl groups excluding tert-OH is 5. The van der Waals surface area contributed by atoms with Crippen molar-refractivity contribution in [3.63, 3.8) is 0 Å². The van der Waals surface area contributed by atoms with Crippen molar-refractivity contribution < 1.29 is 72.7 Å². The van der Waals surface area contributed by atoms with Gasteiger partial charge < -0.3 is 68.2 Å². The Morgan fingerprint density at radius 2 is 1.40 bits per heavy atom. The molecule has 0 aliphatic carbocycles. The van der Waals surface area contributed by atoms with Gasteiger partial charge in [0.2, 0.25) is 11.8 Å². The van der Waals surface area contributed by atoms with E-state index in [1.165, 1.54) is 16.9 Å². The van der Waals surface area contributed by atoms with E-state index in [-0.39, 0.29) is 81.5 Å². The topological polar surface area (TPSA) is 235 Å². The maximum atomic E-state index is 10.9. The quantitative estimate of drug-likeness (QED) is 0.101. The van der Waals surface area contributed by atoms with Crippen LogP contribution in [-0.4, -0.2) is 189 Å². The Morgan fingerprint density at radius 1 is 0.900 bits per heavy atom. The summed E-state index contributed by atoms with van der Waals surface area (Å²) in [4.78, 5) is 47.4. The highest BCUT2D eigenvalue weighted by molar-refractivity contribution is 7.10. The van der Waals surface area contributed by atoms with Gasteiger partial charge in [0.05, 0.1) is 89.7 Å². The average molecular weight is 768 g/mol. The minimum Gasteiger partial charge on any atom is -0.469 e. The van der Waals surface area contributed by atoms with E-state index < -0.39 is 24.1 Å². The molecule has 2 fully saturated rings. The Balaban J connectivity index is -0.000000557. The molecule has 7 atom stereocenters. The number of hydrogen-bond donors (Lipinski definition) is 5. The summed E-state index contributed by atoms with van der Waals surface area (Å²) in [7, 11) is 16.0. The van der Waals surface area contributed by atoms with Crippen molar-refractivity contribution in [1.82, 2.24) is 14.7 Å². The molecule has 0 saturated carbocycles. The highest BCUT2D eigenvalue weighted by Gasteiger charge is 2.33. The maximum Gasteiger partial charge on any atom is 0.308 e. The zero-order valence-corrected chi connectivity index (χ0v) is 33.3. The van der Waals surface area contributed by atoms with E-state index in [1.54, 1.807) is 28.2 Å². The van der Waals surface area contributed by atoms with Crippen LogP contribution in [0.4, 0.5) is 0 Å². The summed E-state index contributed by atoms with van der Waals surface area (Å²) in [5.41, 5.74) is 0. The SMILES string of the molecule is CN(C)C(=O)C[C@H](O)CO.CN(C)C(=O)C[C@H](O)COP.CN(C)CC[C@H](O)COP.COC(=O)C[C@H]1COC(C)(C)O1.O=C1C[C@H](O)CO1. The number of ether oxygens (including phenoxy) is 4. The van der Waals surface area contributed by atoms with Gasteiger partial charge in [0, 0.05) is 53.7 Å². The first kappa shape index (κ1) is 52.7. The van der Waals surface area contributed by atoms with Crippen molar-refractivity contribution >= 4 is 42.7 Å². The molecule has 2 saturated heterocycles. The molecule has 0 radical (unpaired) electrons. The fourth-order valence-corrected chi connectivity index (χ4v) is 3.68. The first-order valence-corrected chi connectivity index (χ1v) is 16.6. The molecule has 2 aliphatic rings. The van der Waals surface area contributed by atoms with Gasteiger partial charge in [-0.05, 0) is 34.4 Å². The highest BCUT2D eigenvalue weighted by atomic mass is 31.0. The van der Waals surface area contributed by atoms with Crippen LogP contribution in [0.5, 0.6) is 0 Å². The number of rotatable bonds is 14. The number of hydrogen-bond acceptors (Lipinski definition) is 16. The van der Waals surface area contributed by atoms with Gasteiger partial charge in [-0.1, -0.05) is 0 Å². The normalized spacial score (nSPS) is 18.9. The molecule has 20 heteroatoms. The van der Waals surface area contributed by atoms with Crippen LogP contribution in [0, 0.1) is 0 Å². The third-order valence-corrected chi connectivity index (χ3v) is 6.43. The molecule has 2 aliphatic heterocycles. The standard InChI is InChI=1S/C8H14O4.C6H14NO3P.C6H13NO3.C6H16NO2P.C4H6O3/c1-8(2)11-5-6(12-8)4-7(9)10-3;1-7(2)6(9)3-5(8)4-10-11;1-7(2)6(10)3-5(9)4-8;1-7(2)4-3-6(8)5-9-10;5-3-1-4(6)7-2-3/h6H,4-5H2,1-3H3;5,8H,3-4,11H2,1-2H3;5,8-9H,3-4H2,1-2H3;6,8H,3-5,10H2,1-2H3;3,5H,1-2H2/t6-;2*5-;6-;3-/m00000/s1. The van der Waals surface area contributed by atoms with Crippen molar-refractivity contribution in [2.45, 2.75) is 82.3 Å². The van der Waals surface area contributed by atoms with Gasteiger partial charge >= 0.3 is 11.9 Å². The molecule has 5 N–H and O–H groups in total. The molecule has 0 aromatic heterocycles. The minimum atomic E-state index is -0.921. The van der Waals surface area contributed by atoms with Gasteiger partial charge in [-0.15, -0.1) is 0 Å². The van der Waals surface area contributed by atoms with Gasteiger partial charge in [0.25, 0.3) is 0 Å². The Hall–Kier alpha value is -1.66. The molecular formula is C30H63N3O15P2. The van der Waals surface area contributed by atoms with E-state index in [0.717, 1.165) is 13.0 Å². The molecule has 0 aromatic rings. The lowest BCUT2D eigenvalue weighted by Crippen LogP contribution is -2.27. The lowest BCUT2D eigenvalue weighted by atomic mass is 10.2. The highest BCUT2D eigenvalue weighted by Crippen LogP contribution is 2.24. The average Bonchev–Trinajstić information content (AvgIpc) is 3.58. The van der Waals surface area contributed by atoms with Gasteiger partial charge in [-0.3, -0.25) is 19.2 Å². The smallest absolute Gasteiger partial charge is 0.308 e. The lowest BCUT2D eigenvalue weighted by molar-refractivity contribution is -0.152. The van der Waals surface area contributed by atoms with Crippen molar-refractivity contribution in [3.8, 4) is 0 Å². The third-order valence-electron chi connectivity index (χ3n) is 6.04. The van der Waals surface area contributed by atoms with Crippen LogP contribution in [-0.2, 0) is 47.2 Å². The van der Waals surface area contributed by atoms with Crippen LogP contribution < -0.4 is 0 Å². The summed E-state index contributed by atoms with van der Waals surface area (Å²) in [5, 5.41) is 43.9. The Morgan fingerprint density at radius 3 is 1.72 bits per heavy atom. The second-order valence-corrected chi connectivity index (χ2v) is 12.8. The third kappa shape index (κ3) is 33.5. The van der Waals surface area contributed by atoms with Gasteiger partial charge in [-0.2, -0.15) is 0 Å². The van der Waals surface area contributed by atoms with E-state index >= 15 is 0 Å². The van der Waals surface area contributed by atoms with Gasteiger partial charge in [-0.25, -0.2) is 0 Å². The van der Waals surface area contributed by atoms with E-state index in [9.17, 15) is 19.2 Å². The minimum absolute atomic E-state index is 0.0104. The number of carbonyl (C=O) groups is 4. The van der Waals surface area contributed by atoms with Gasteiger partial charge in [0.15, 0.2) is 5.79 Å². The first-order chi connectivity index (χ1) is 23.1. The Bertz CT molecular complexity index is 917. The molecule has 2 rings (SSSR count). The predicted molar refractivity (Wildman–Crippen MR) is 189 cm³/mol. The first-order valence-electron chi connectivity index (χ1n) is 15.7. The van der Waals surface area contributed by atoms with E-state index in [2.05, 4.69) is 28.0 Å². The lowest BCUT2D eigenvalue weighted by Gasteiger charge is -2.16. The van der Waals surface area contributed by atoms with E-state index in [1.807, 2.05) is 42.3 Å². The monoisotopic (exact) mass is 767 g/mol. The van der Waals surface area contributed by atoms with Crippen molar-refractivity contribution in [3.05, 3.63) is 0 Å². The largest absolute Gasteiger partial charge is 0.469 e. The van der Waals surface area contributed by atoms with Crippen molar-refractivity contribution in [1.29, 1.82) is 0 Å². The van der Waals surface area contributed by atoms with E-state index in [0.29, 0.717) is 13.2 Å². The van der Waals surface area contributed by atoms with Crippen molar-refractivity contribution in [2.75, 3.05) is 89.0 Å². The number of cyclic esters (lactones) is 1. The van der Waals surface area contributed by atoms with Crippen LogP contribution in [0.25, 0.3) is 0 Å². The van der Waals surface area contributed by atoms with Crippen LogP contribution in [0.1, 0.15) is 46.0 Å². The second-order valence-electron chi connectivity index (χ2n) is 12.2. The van der Waals surface area contributed by atoms with E-state index in [4.69, 9.17) is 35.0 Å². The Kier molecular flexibility index (Phi) is 32.6. The Labute approximate surface area is 301 Å². The molecule has 2 heterocycles. The summed E-state index contributed by atoms with van der Waals surface area (Å²) < 4.78 is 28.8. The molecule has 2 unspecified atom stereocenters. The number of nitrogens with zero attached hydrogens (tertiary/aromatic N) is 3.